The summed E-state index contributed by atoms with van der Waals surface area (Å²) in [5, 5.41) is 0.692. The molecular formula is C23H28ClNO4. The molecule has 1 atom stereocenters. The van der Waals surface area contributed by atoms with Gasteiger partial charge in [-0.2, -0.15) is 0 Å². The summed E-state index contributed by atoms with van der Waals surface area (Å²) in [4.78, 5) is 29.7. The van der Waals surface area contributed by atoms with Gasteiger partial charge in [0.05, 0.1) is 0 Å². The predicted molar refractivity (Wildman–Crippen MR) is 115 cm³/mol. The molecule has 0 aliphatic rings. The Kier molecular flexibility index (Phi) is 8.38. The van der Waals surface area contributed by atoms with Gasteiger partial charge in [0.25, 0.3) is 0 Å². The Morgan fingerprint density at radius 3 is 2.14 bits per heavy atom. The van der Waals surface area contributed by atoms with Crippen molar-refractivity contribution in [3.05, 3.63) is 59.1 Å². The quantitative estimate of drug-likeness (QED) is 0.318. The Morgan fingerprint density at radius 1 is 1.03 bits per heavy atom. The van der Waals surface area contributed by atoms with Crippen LogP contribution in [0.1, 0.15) is 50.4 Å². The maximum absolute atomic E-state index is 12.6. The Bertz CT molecular complexity index is 816. The fraction of sp³-hybridized carbons (Fsp3) is 0.391. The largest absolute Gasteiger partial charge is 0.352 e. The zero-order valence-corrected chi connectivity index (χ0v) is 18.1. The summed E-state index contributed by atoms with van der Waals surface area (Å²) in [6.07, 6.45) is 1.50. The van der Waals surface area contributed by atoms with E-state index in [-0.39, 0.29) is 24.0 Å². The summed E-state index contributed by atoms with van der Waals surface area (Å²) in [5.41, 5.74) is 5.12. The molecule has 1 amide bonds. The lowest BCUT2D eigenvalue weighted by atomic mass is 9.93. The first-order valence-corrected chi connectivity index (χ1v) is 10.0. The lowest BCUT2D eigenvalue weighted by Crippen LogP contribution is -2.37. The number of hydrogen-bond acceptors (Lipinski definition) is 4. The van der Waals surface area contributed by atoms with Gasteiger partial charge in [0.2, 0.25) is 5.91 Å². The first kappa shape index (κ1) is 23.1. The molecule has 0 fully saturated rings. The smallest absolute Gasteiger partial charge is 0.243 e. The number of methoxy groups -OCH3 is 1. The number of rotatable bonds is 10. The van der Waals surface area contributed by atoms with Crippen LogP contribution in [-0.4, -0.2) is 24.6 Å². The van der Waals surface area contributed by atoms with Crippen molar-refractivity contribution in [1.29, 1.82) is 0 Å². The lowest BCUT2D eigenvalue weighted by molar-refractivity contribution is -0.231. The van der Waals surface area contributed by atoms with Crippen LogP contribution in [-0.2, 0) is 14.4 Å². The van der Waals surface area contributed by atoms with Crippen LogP contribution in [0.15, 0.2) is 48.5 Å². The predicted octanol–water partition coefficient (Wildman–Crippen LogP) is 5.43. The Hall–Kier alpha value is -2.21. The van der Waals surface area contributed by atoms with Crippen molar-refractivity contribution < 1.29 is 19.2 Å². The van der Waals surface area contributed by atoms with Gasteiger partial charge < -0.3 is 4.74 Å². The van der Waals surface area contributed by atoms with Gasteiger partial charge in [-0.25, -0.2) is 10.3 Å². The van der Waals surface area contributed by atoms with Gasteiger partial charge in [-0.05, 0) is 49.9 Å². The molecule has 0 heterocycles. The first-order valence-electron chi connectivity index (χ1n) is 9.64. The van der Waals surface area contributed by atoms with Crippen LogP contribution in [0, 0.1) is 5.92 Å². The van der Waals surface area contributed by atoms with Gasteiger partial charge in [0.1, 0.15) is 0 Å². The summed E-state index contributed by atoms with van der Waals surface area (Å²) in [7, 11) is 1.50. The zero-order chi connectivity index (χ0) is 21.4. The first-order chi connectivity index (χ1) is 13.7. The molecule has 2 aromatic rings. The monoisotopic (exact) mass is 417 g/mol. The molecule has 0 aliphatic carbocycles. The third-order valence-electron chi connectivity index (χ3n) is 4.74. The highest BCUT2D eigenvalue weighted by atomic mass is 35.5. The van der Waals surface area contributed by atoms with Gasteiger partial charge in [-0.15, -0.1) is 0 Å². The SMILES string of the molecule is COC(C)(C)ONC(=O)CCCC(C)C(=O)c1ccc(-c2ccc(Cl)cc2)cc1. The summed E-state index contributed by atoms with van der Waals surface area (Å²) in [5.74, 6) is -1.20. The van der Waals surface area contributed by atoms with Crippen molar-refractivity contribution in [3.63, 3.8) is 0 Å². The number of ketones is 1. The van der Waals surface area contributed by atoms with E-state index in [9.17, 15) is 9.59 Å². The highest BCUT2D eigenvalue weighted by Gasteiger charge is 2.19. The number of Topliss-reactive ketones (excluding diaryl/α,β-unsaturated/α-hetero) is 1. The van der Waals surface area contributed by atoms with Crippen molar-refractivity contribution in [2.24, 2.45) is 5.92 Å². The molecule has 156 valence electrons. The number of hydroxylamine groups is 1. The second-order valence-corrected chi connectivity index (χ2v) is 7.91. The van der Waals surface area contributed by atoms with Crippen molar-refractivity contribution in [1.82, 2.24) is 5.48 Å². The van der Waals surface area contributed by atoms with Gasteiger partial charge in [-0.1, -0.05) is 54.9 Å². The van der Waals surface area contributed by atoms with E-state index in [1.807, 2.05) is 55.5 Å². The third kappa shape index (κ3) is 7.28. The summed E-state index contributed by atoms with van der Waals surface area (Å²) in [6, 6.07) is 15.1. The van der Waals surface area contributed by atoms with E-state index >= 15 is 0 Å². The van der Waals surface area contributed by atoms with Crippen LogP contribution in [0.5, 0.6) is 0 Å². The van der Waals surface area contributed by atoms with Gasteiger partial charge in [0.15, 0.2) is 11.6 Å². The summed E-state index contributed by atoms with van der Waals surface area (Å²) in [6.45, 7) is 5.29. The molecule has 0 saturated carbocycles. The van der Waals surface area contributed by atoms with E-state index in [1.54, 1.807) is 13.8 Å². The van der Waals surface area contributed by atoms with Crippen molar-refractivity contribution in [2.45, 2.75) is 45.8 Å². The number of nitrogens with one attached hydrogen (secondary N) is 1. The highest BCUT2D eigenvalue weighted by Crippen LogP contribution is 2.23. The van der Waals surface area contributed by atoms with E-state index in [2.05, 4.69) is 5.48 Å². The van der Waals surface area contributed by atoms with Crippen LogP contribution in [0.3, 0.4) is 0 Å². The minimum absolute atomic E-state index is 0.0739. The molecule has 0 radical (unpaired) electrons. The highest BCUT2D eigenvalue weighted by molar-refractivity contribution is 6.30. The molecular weight excluding hydrogens is 390 g/mol. The molecule has 0 bridgehead atoms. The van der Waals surface area contributed by atoms with Crippen molar-refractivity contribution in [3.8, 4) is 11.1 Å². The maximum atomic E-state index is 12.6. The zero-order valence-electron chi connectivity index (χ0n) is 17.3. The van der Waals surface area contributed by atoms with Gasteiger partial charge >= 0.3 is 0 Å². The molecule has 6 heteroatoms. The number of benzene rings is 2. The minimum atomic E-state index is -0.878. The molecule has 5 nitrogen and oxygen atoms in total. The normalized spacial score (nSPS) is 12.4. The number of halogens is 1. The fourth-order valence-electron chi connectivity index (χ4n) is 2.73. The lowest BCUT2D eigenvalue weighted by Gasteiger charge is -2.22. The number of ether oxygens (including phenoxy) is 1. The average molecular weight is 418 g/mol. The minimum Gasteiger partial charge on any atom is -0.352 e. The average Bonchev–Trinajstić information content (AvgIpc) is 2.72. The standard InChI is InChI=1S/C23H28ClNO4/c1-16(6-5-7-21(26)25-29-23(2,3)28-4)22(27)19-10-8-17(9-11-19)18-12-14-20(24)15-13-18/h8-16H,5-7H2,1-4H3,(H,25,26). The number of carbonyl (C=O) groups excluding carboxylic acids is 2. The van der Waals surface area contributed by atoms with Crippen LogP contribution in [0.2, 0.25) is 5.02 Å². The third-order valence-corrected chi connectivity index (χ3v) is 4.99. The van der Waals surface area contributed by atoms with Gasteiger partial charge in [-0.3, -0.25) is 9.59 Å². The summed E-state index contributed by atoms with van der Waals surface area (Å²) < 4.78 is 5.07. The molecule has 0 spiro atoms. The molecule has 1 unspecified atom stereocenters. The van der Waals surface area contributed by atoms with Crippen LogP contribution >= 0.6 is 11.6 Å². The van der Waals surface area contributed by atoms with E-state index in [0.717, 1.165) is 11.1 Å². The second-order valence-electron chi connectivity index (χ2n) is 7.47. The molecule has 2 aromatic carbocycles. The fourth-order valence-corrected chi connectivity index (χ4v) is 2.85. The second kappa shape index (κ2) is 10.5. The summed E-state index contributed by atoms with van der Waals surface area (Å²) >= 11 is 5.92. The van der Waals surface area contributed by atoms with Crippen LogP contribution in [0.4, 0.5) is 0 Å². The Morgan fingerprint density at radius 2 is 1.59 bits per heavy atom. The molecule has 0 saturated heterocycles. The van der Waals surface area contributed by atoms with E-state index in [0.29, 0.717) is 23.4 Å². The molecule has 1 N–H and O–H groups in total. The van der Waals surface area contributed by atoms with Crippen LogP contribution < -0.4 is 5.48 Å². The van der Waals surface area contributed by atoms with E-state index in [4.69, 9.17) is 21.2 Å². The number of amides is 1. The molecule has 0 aromatic heterocycles. The topological polar surface area (TPSA) is 64.6 Å². The van der Waals surface area contributed by atoms with Gasteiger partial charge in [0, 0.05) is 30.0 Å². The molecule has 2 rings (SSSR count). The molecule has 29 heavy (non-hydrogen) atoms. The van der Waals surface area contributed by atoms with Crippen LogP contribution in [0.25, 0.3) is 11.1 Å². The maximum Gasteiger partial charge on any atom is 0.243 e. The van der Waals surface area contributed by atoms with E-state index in [1.165, 1.54) is 7.11 Å². The number of hydrogen-bond donors (Lipinski definition) is 1. The van der Waals surface area contributed by atoms with E-state index < -0.39 is 5.79 Å². The Labute approximate surface area is 177 Å². The Balaban J connectivity index is 1.82. The number of carbonyl (C=O) groups is 2. The van der Waals surface area contributed by atoms with Crippen molar-refractivity contribution in [2.75, 3.05) is 7.11 Å². The molecule has 0 aliphatic heterocycles. The van der Waals surface area contributed by atoms with Crippen molar-refractivity contribution >= 4 is 23.3 Å².